The first-order chi connectivity index (χ1) is 13.7. The molecule has 2 N–H and O–H groups in total. The number of carbonyl (C=O) groups is 2. The molecule has 1 heterocycles. The van der Waals surface area contributed by atoms with E-state index in [-0.39, 0.29) is 25.4 Å². The summed E-state index contributed by atoms with van der Waals surface area (Å²) in [7, 11) is 1.89. The third-order valence-corrected chi connectivity index (χ3v) is 4.52. The molecule has 2 aromatic carbocycles. The van der Waals surface area contributed by atoms with Gasteiger partial charge in [-0.1, -0.05) is 30.3 Å². The van der Waals surface area contributed by atoms with Crippen molar-refractivity contribution >= 4 is 22.7 Å². The highest BCUT2D eigenvalue weighted by Crippen LogP contribution is 2.29. The highest BCUT2D eigenvalue weighted by atomic mass is 19.4. The predicted molar refractivity (Wildman–Crippen MR) is 103 cm³/mol. The van der Waals surface area contributed by atoms with E-state index in [0.717, 1.165) is 28.6 Å². The van der Waals surface area contributed by atoms with Crippen LogP contribution in [0.2, 0.25) is 0 Å². The summed E-state index contributed by atoms with van der Waals surface area (Å²) in [5.41, 5.74) is 1.42. The van der Waals surface area contributed by atoms with Crippen LogP contribution in [-0.4, -0.2) is 22.9 Å². The van der Waals surface area contributed by atoms with Crippen molar-refractivity contribution in [1.29, 1.82) is 0 Å². The topological polar surface area (TPSA) is 63.1 Å². The maximum Gasteiger partial charge on any atom is 0.416 e. The molecule has 0 aliphatic carbocycles. The first-order valence-electron chi connectivity index (χ1n) is 8.96. The summed E-state index contributed by atoms with van der Waals surface area (Å²) in [6.07, 6.45) is -2.43. The van der Waals surface area contributed by atoms with Crippen LogP contribution in [0, 0.1) is 0 Å². The van der Waals surface area contributed by atoms with E-state index in [1.807, 2.05) is 42.1 Å². The number of aromatic nitrogens is 1. The molecule has 0 radical (unpaired) electrons. The summed E-state index contributed by atoms with van der Waals surface area (Å²) < 4.78 is 40.1. The molecule has 0 aliphatic rings. The van der Waals surface area contributed by atoms with Crippen LogP contribution in [0.3, 0.4) is 0 Å². The van der Waals surface area contributed by atoms with E-state index < -0.39 is 17.6 Å². The normalized spacial score (nSPS) is 11.4. The van der Waals surface area contributed by atoms with Gasteiger partial charge in [0.1, 0.15) is 0 Å². The van der Waals surface area contributed by atoms with Gasteiger partial charge in [-0.05, 0) is 29.3 Å². The zero-order chi connectivity index (χ0) is 21.0. The van der Waals surface area contributed by atoms with Gasteiger partial charge in [0.05, 0.1) is 18.5 Å². The minimum Gasteiger partial charge on any atom is -0.350 e. The molecule has 29 heavy (non-hydrogen) atoms. The fourth-order valence-electron chi connectivity index (χ4n) is 3.10. The van der Waals surface area contributed by atoms with Crippen molar-refractivity contribution in [2.75, 3.05) is 6.54 Å². The van der Waals surface area contributed by atoms with Crippen molar-refractivity contribution in [2.45, 2.75) is 19.1 Å². The molecular weight excluding hydrogens is 383 g/mol. The molecule has 1 aromatic heterocycles. The smallest absolute Gasteiger partial charge is 0.350 e. The molecule has 3 rings (SSSR count). The summed E-state index contributed by atoms with van der Waals surface area (Å²) in [4.78, 5) is 24.1. The van der Waals surface area contributed by atoms with Crippen LogP contribution in [0.1, 0.15) is 16.7 Å². The Bertz CT molecular complexity index is 1040. The lowest BCUT2D eigenvalue weighted by molar-refractivity contribution is -0.137. The number of hydrogen-bond donors (Lipinski definition) is 2. The Morgan fingerprint density at radius 1 is 1.00 bits per heavy atom. The van der Waals surface area contributed by atoms with Crippen molar-refractivity contribution in [3.63, 3.8) is 0 Å². The van der Waals surface area contributed by atoms with E-state index in [1.165, 1.54) is 12.1 Å². The Balaban J connectivity index is 1.50. The lowest BCUT2D eigenvalue weighted by Crippen LogP contribution is -2.37. The van der Waals surface area contributed by atoms with Gasteiger partial charge in [0.15, 0.2) is 0 Å². The molecule has 0 bridgehead atoms. The van der Waals surface area contributed by atoms with Gasteiger partial charge in [-0.3, -0.25) is 9.59 Å². The third kappa shape index (κ3) is 5.16. The summed E-state index contributed by atoms with van der Waals surface area (Å²) in [6.45, 7) is -0.301. The number of nitrogens with zero attached hydrogens (tertiary/aromatic N) is 1. The number of aryl methyl sites for hydroxylation is 1. The molecule has 0 atom stereocenters. The van der Waals surface area contributed by atoms with Crippen molar-refractivity contribution in [3.8, 4) is 0 Å². The molecule has 2 amide bonds. The minimum atomic E-state index is -4.43. The van der Waals surface area contributed by atoms with E-state index in [4.69, 9.17) is 0 Å². The second-order valence-electron chi connectivity index (χ2n) is 6.71. The van der Waals surface area contributed by atoms with Crippen molar-refractivity contribution in [1.82, 2.24) is 15.2 Å². The average molecular weight is 403 g/mol. The van der Waals surface area contributed by atoms with E-state index in [2.05, 4.69) is 10.6 Å². The summed E-state index contributed by atoms with van der Waals surface area (Å²) in [5, 5.41) is 6.01. The van der Waals surface area contributed by atoms with Gasteiger partial charge in [-0.25, -0.2) is 0 Å². The Kier molecular flexibility index (Phi) is 5.91. The standard InChI is InChI=1S/C21H20F3N3O2/c1-27-13-15(17-7-2-3-8-18(17)27)10-19(28)26-12-20(29)25-11-14-5-4-6-16(9-14)21(22,23)24/h2-9,13H,10-12H2,1H3,(H,25,29)(H,26,28). The van der Waals surface area contributed by atoms with Gasteiger partial charge in [-0.15, -0.1) is 0 Å². The van der Waals surface area contributed by atoms with Gasteiger partial charge in [0, 0.05) is 30.7 Å². The van der Waals surface area contributed by atoms with Crippen molar-refractivity contribution in [2.24, 2.45) is 7.05 Å². The van der Waals surface area contributed by atoms with E-state index in [0.29, 0.717) is 5.56 Å². The summed E-state index contributed by atoms with van der Waals surface area (Å²) in [6, 6.07) is 12.4. The number of amides is 2. The van der Waals surface area contributed by atoms with Gasteiger partial charge in [0.25, 0.3) is 0 Å². The molecule has 0 spiro atoms. The SMILES string of the molecule is Cn1cc(CC(=O)NCC(=O)NCc2cccc(C(F)(F)F)c2)c2ccccc21. The second-order valence-corrected chi connectivity index (χ2v) is 6.71. The molecule has 152 valence electrons. The van der Waals surface area contributed by atoms with Crippen molar-refractivity contribution < 1.29 is 22.8 Å². The molecular formula is C21H20F3N3O2. The zero-order valence-corrected chi connectivity index (χ0v) is 15.7. The van der Waals surface area contributed by atoms with Gasteiger partial charge in [-0.2, -0.15) is 13.2 Å². The fraction of sp³-hybridized carbons (Fsp3) is 0.238. The van der Waals surface area contributed by atoms with Crippen LogP contribution < -0.4 is 10.6 Å². The van der Waals surface area contributed by atoms with E-state index in [9.17, 15) is 22.8 Å². The number of fused-ring (bicyclic) bond motifs is 1. The predicted octanol–water partition coefficient (Wildman–Crippen LogP) is 3.17. The van der Waals surface area contributed by atoms with E-state index in [1.54, 1.807) is 0 Å². The molecule has 5 nitrogen and oxygen atoms in total. The summed E-state index contributed by atoms with van der Waals surface area (Å²) >= 11 is 0. The minimum absolute atomic E-state index is 0.0536. The van der Waals surface area contributed by atoms with Crippen LogP contribution in [-0.2, 0) is 35.8 Å². The second kappa shape index (κ2) is 8.38. The molecule has 3 aromatic rings. The van der Waals surface area contributed by atoms with Gasteiger partial charge >= 0.3 is 6.18 Å². The van der Waals surface area contributed by atoms with Crippen LogP contribution in [0.25, 0.3) is 10.9 Å². The highest BCUT2D eigenvalue weighted by molar-refractivity contribution is 5.91. The third-order valence-electron chi connectivity index (χ3n) is 4.52. The quantitative estimate of drug-likeness (QED) is 0.664. The fourth-order valence-corrected chi connectivity index (χ4v) is 3.10. The van der Waals surface area contributed by atoms with Crippen LogP contribution in [0.5, 0.6) is 0 Å². The Morgan fingerprint density at radius 2 is 1.76 bits per heavy atom. The number of para-hydroxylation sites is 1. The number of carbonyl (C=O) groups excluding carboxylic acids is 2. The number of alkyl halides is 3. The maximum atomic E-state index is 12.7. The highest BCUT2D eigenvalue weighted by Gasteiger charge is 2.30. The Morgan fingerprint density at radius 3 is 2.52 bits per heavy atom. The number of nitrogens with one attached hydrogen (secondary N) is 2. The Labute approximate surface area is 165 Å². The monoisotopic (exact) mass is 403 g/mol. The molecule has 0 saturated heterocycles. The van der Waals surface area contributed by atoms with Crippen molar-refractivity contribution in [3.05, 3.63) is 71.4 Å². The first-order valence-corrected chi connectivity index (χ1v) is 8.96. The number of hydrogen-bond acceptors (Lipinski definition) is 2. The maximum absolute atomic E-state index is 12.7. The number of halogens is 3. The van der Waals surface area contributed by atoms with Gasteiger partial charge in [0.2, 0.25) is 11.8 Å². The molecule has 8 heteroatoms. The van der Waals surface area contributed by atoms with Crippen LogP contribution in [0.4, 0.5) is 13.2 Å². The molecule has 0 saturated carbocycles. The molecule has 0 fully saturated rings. The average Bonchev–Trinajstić information content (AvgIpc) is 3.00. The summed E-state index contributed by atoms with van der Waals surface area (Å²) in [5.74, 6) is -0.788. The first kappa shape index (κ1) is 20.4. The largest absolute Gasteiger partial charge is 0.416 e. The Hall–Kier alpha value is -3.29. The van der Waals surface area contributed by atoms with Crippen LogP contribution >= 0.6 is 0 Å². The molecule has 0 unspecified atom stereocenters. The lowest BCUT2D eigenvalue weighted by Gasteiger charge is -2.10. The number of rotatable bonds is 6. The van der Waals surface area contributed by atoms with Gasteiger partial charge < -0.3 is 15.2 Å². The number of benzene rings is 2. The lowest BCUT2D eigenvalue weighted by atomic mass is 10.1. The zero-order valence-electron chi connectivity index (χ0n) is 15.7. The molecule has 0 aliphatic heterocycles. The van der Waals surface area contributed by atoms with E-state index >= 15 is 0 Å². The van der Waals surface area contributed by atoms with Crippen LogP contribution in [0.15, 0.2) is 54.7 Å².